The lowest BCUT2D eigenvalue weighted by Crippen LogP contribution is -2.48. The average molecular weight is 330 g/mol. The van der Waals surface area contributed by atoms with E-state index in [4.69, 9.17) is 5.73 Å². The fraction of sp³-hybridized carbons (Fsp3) is 0.733. The lowest BCUT2D eigenvalue weighted by atomic mass is 9.98. The van der Waals surface area contributed by atoms with Crippen LogP contribution in [0.5, 0.6) is 0 Å². The van der Waals surface area contributed by atoms with Crippen LogP contribution in [-0.2, 0) is 17.6 Å². The van der Waals surface area contributed by atoms with Gasteiger partial charge < -0.3 is 11.1 Å². The summed E-state index contributed by atoms with van der Waals surface area (Å²) in [6.45, 7) is 0. The van der Waals surface area contributed by atoms with E-state index < -0.39 is 5.54 Å². The van der Waals surface area contributed by atoms with Crippen molar-refractivity contribution >= 4 is 34.8 Å². The van der Waals surface area contributed by atoms with Crippen molar-refractivity contribution in [1.29, 1.82) is 0 Å². The summed E-state index contributed by atoms with van der Waals surface area (Å²) in [7, 11) is 0. The molecule has 0 aliphatic heterocycles. The number of halogens is 1. The van der Waals surface area contributed by atoms with E-state index in [1.54, 1.807) is 11.3 Å². The molecule has 1 amide bonds. The van der Waals surface area contributed by atoms with Gasteiger partial charge in [-0.25, -0.2) is 4.98 Å². The monoisotopic (exact) mass is 329 g/mol. The van der Waals surface area contributed by atoms with Crippen LogP contribution in [0.25, 0.3) is 0 Å². The Bertz CT molecular complexity index is 472. The number of hydrogen-bond acceptors (Lipinski definition) is 4. The van der Waals surface area contributed by atoms with Gasteiger partial charge in [-0.3, -0.25) is 4.79 Å². The highest BCUT2D eigenvalue weighted by Gasteiger charge is 2.37. The van der Waals surface area contributed by atoms with E-state index in [2.05, 4.69) is 10.3 Å². The van der Waals surface area contributed by atoms with Gasteiger partial charge in [-0.05, 0) is 38.5 Å². The fourth-order valence-electron chi connectivity index (χ4n) is 3.21. The van der Waals surface area contributed by atoms with Crippen molar-refractivity contribution in [2.75, 3.05) is 5.32 Å². The molecule has 1 aromatic heterocycles. The molecule has 1 heterocycles. The molecule has 0 saturated heterocycles. The van der Waals surface area contributed by atoms with E-state index in [0.717, 1.165) is 43.7 Å². The number of nitrogens with zero attached hydrogens (tertiary/aromatic N) is 1. The molecule has 118 valence electrons. The largest absolute Gasteiger partial charge is 0.317 e. The molecule has 3 rings (SSSR count). The minimum Gasteiger partial charge on any atom is -0.317 e. The Morgan fingerprint density at radius 1 is 1.10 bits per heavy atom. The number of amides is 1. The molecule has 4 nitrogen and oxygen atoms in total. The van der Waals surface area contributed by atoms with E-state index in [1.807, 2.05) is 0 Å². The zero-order valence-electron chi connectivity index (χ0n) is 12.3. The first-order valence-corrected chi connectivity index (χ1v) is 8.58. The lowest BCUT2D eigenvalue weighted by Gasteiger charge is -2.21. The number of hydrogen-bond donors (Lipinski definition) is 2. The van der Waals surface area contributed by atoms with Gasteiger partial charge in [0.15, 0.2) is 5.13 Å². The molecule has 1 fully saturated rings. The highest BCUT2D eigenvalue weighted by molar-refractivity contribution is 7.15. The molecule has 6 heteroatoms. The molecule has 0 radical (unpaired) electrons. The molecule has 1 saturated carbocycles. The molecule has 3 N–H and O–H groups in total. The van der Waals surface area contributed by atoms with Gasteiger partial charge in [-0.1, -0.05) is 25.7 Å². The van der Waals surface area contributed by atoms with Crippen LogP contribution in [-0.4, -0.2) is 16.4 Å². The average Bonchev–Trinajstić information content (AvgIpc) is 2.98. The Morgan fingerprint density at radius 3 is 2.48 bits per heavy atom. The maximum atomic E-state index is 12.3. The van der Waals surface area contributed by atoms with Gasteiger partial charge in [0.1, 0.15) is 0 Å². The maximum absolute atomic E-state index is 12.3. The third kappa shape index (κ3) is 3.76. The Kier molecular flexibility index (Phi) is 5.63. The first-order valence-electron chi connectivity index (χ1n) is 7.76. The molecule has 0 bridgehead atoms. The summed E-state index contributed by atoms with van der Waals surface area (Å²) in [4.78, 5) is 18.3. The van der Waals surface area contributed by atoms with E-state index in [0.29, 0.717) is 0 Å². The number of nitrogens with one attached hydrogen (secondary N) is 1. The summed E-state index contributed by atoms with van der Waals surface area (Å²) in [6.07, 6.45) is 10.9. The van der Waals surface area contributed by atoms with Gasteiger partial charge in [-0.15, -0.1) is 23.7 Å². The van der Waals surface area contributed by atoms with Gasteiger partial charge in [0.05, 0.1) is 11.2 Å². The zero-order valence-corrected chi connectivity index (χ0v) is 14.0. The number of nitrogens with two attached hydrogens (primary N) is 1. The van der Waals surface area contributed by atoms with E-state index in [-0.39, 0.29) is 18.3 Å². The summed E-state index contributed by atoms with van der Waals surface area (Å²) >= 11 is 1.65. The number of carbonyl (C=O) groups excluding carboxylic acids is 1. The van der Waals surface area contributed by atoms with Crippen LogP contribution in [0.1, 0.15) is 61.9 Å². The van der Waals surface area contributed by atoms with Gasteiger partial charge in [-0.2, -0.15) is 0 Å². The van der Waals surface area contributed by atoms with Gasteiger partial charge in [0, 0.05) is 4.88 Å². The van der Waals surface area contributed by atoms with Gasteiger partial charge >= 0.3 is 0 Å². The summed E-state index contributed by atoms with van der Waals surface area (Å²) in [5.41, 5.74) is 6.72. The number of aromatic nitrogens is 1. The summed E-state index contributed by atoms with van der Waals surface area (Å²) in [6, 6.07) is 0. The normalized spacial score (nSPS) is 20.8. The smallest absolute Gasteiger partial charge is 0.246 e. The van der Waals surface area contributed by atoms with Crippen LogP contribution >= 0.6 is 23.7 Å². The standard InChI is InChI=1S/C15H23N3OS.ClH/c16-15(9-5-6-10-15)13(19)18-14-17-11-7-3-1-2-4-8-12(11)20-14;/h1-10,16H2,(H,17,18,19);1H. The Hall–Kier alpha value is -0.650. The third-order valence-electron chi connectivity index (χ3n) is 4.51. The molecule has 0 atom stereocenters. The maximum Gasteiger partial charge on any atom is 0.246 e. The molecular weight excluding hydrogens is 306 g/mol. The van der Waals surface area contributed by atoms with Crippen LogP contribution in [0.4, 0.5) is 5.13 Å². The number of carbonyl (C=O) groups is 1. The zero-order chi connectivity index (χ0) is 14.0. The summed E-state index contributed by atoms with van der Waals surface area (Å²) in [5.74, 6) is -0.0447. The van der Waals surface area contributed by atoms with E-state index >= 15 is 0 Å². The number of anilines is 1. The molecule has 2 aliphatic carbocycles. The summed E-state index contributed by atoms with van der Waals surface area (Å²) < 4.78 is 0. The van der Waals surface area contributed by atoms with Crippen molar-refractivity contribution in [3.63, 3.8) is 0 Å². The Balaban J connectivity index is 0.00000161. The van der Waals surface area contributed by atoms with Crippen molar-refractivity contribution in [1.82, 2.24) is 4.98 Å². The first-order chi connectivity index (χ1) is 9.67. The Morgan fingerprint density at radius 2 is 1.76 bits per heavy atom. The van der Waals surface area contributed by atoms with Crippen molar-refractivity contribution in [2.45, 2.75) is 69.7 Å². The van der Waals surface area contributed by atoms with Crippen LogP contribution in [0.3, 0.4) is 0 Å². The van der Waals surface area contributed by atoms with Crippen LogP contribution in [0, 0.1) is 0 Å². The number of fused-ring (bicyclic) bond motifs is 1. The number of rotatable bonds is 2. The lowest BCUT2D eigenvalue weighted by molar-refractivity contribution is -0.121. The minimum absolute atomic E-state index is 0. The highest BCUT2D eigenvalue weighted by Crippen LogP contribution is 2.31. The minimum atomic E-state index is -0.667. The van der Waals surface area contributed by atoms with Crippen molar-refractivity contribution in [2.24, 2.45) is 5.73 Å². The van der Waals surface area contributed by atoms with Crippen molar-refractivity contribution in [3.8, 4) is 0 Å². The predicted molar refractivity (Wildman–Crippen MR) is 89.3 cm³/mol. The molecular formula is C15H24ClN3OS. The molecule has 1 aromatic rings. The quantitative estimate of drug-likeness (QED) is 0.873. The van der Waals surface area contributed by atoms with Gasteiger partial charge in [0.25, 0.3) is 0 Å². The van der Waals surface area contributed by atoms with E-state index in [9.17, 15) is 4.79 Å². The third-order valence-corrected chi connectivity index (χ3v) is 5.59. The van der Waals surface area contributed by atoms with E-state index in [1.165, 1.54) is 36.3 Å². The second-order valence-corrected chi connectivity index (χ2v) is 7.20. The van der Waals surface area contributed by atoms with Crippen molar-refractivity contribution < 1.29 is 4.79 Å². The predicted octanol–water partition coefficient (Wildman–Crippen LogP) is 3.43. The molecule has 0 aromatic carbocycles. The van der Waals surface area contributed by atoms with Crippen LogP contribution in [0.15, 0.2) is 0 Å². The molecule has 2 aliphatic rings. The van der Waals surface area contributed by atoms with Crippen LogP contribution < -0.4 is 11.1 Å². The van der Waals surface area contributed by atoms with Crippen molar-refractivity contribution in [3.05, 3.63) is 10.6 Å². The number of aryl methyl sites for hydroxylation is 2. The summed E-state index contributed by atoms with van der Waals surface area (Å²) in [5, 5.41) is 3.71. The number of thiazole rings is 1. The molecule has 0 spiro atoms. The molecule has 21 heavy (non-hydrogen) atoms. The fourth-order valence-corrected chi connectivity index (χ4v) is 4.26. The first kappa shape index (κ1) is 16.7. The van der Waals surface area contributed by atoms with Crippen LogP contribution in [0.2, 0.25) is 0 Å². The highest BCUT2D eigenvalue weighted by atomic mass is 35.5. The topological polar surface area (TPSA) is 68.0 Å². The second kappa shape index (κ2) is 7.07. The van der Waals surface area contributed by atoms with Gasteiger partial charge in [0.2, 0.25) is 5.91 Å². The second-order valence-electron chi connectivity index (χ2n) is 6.12. The SMILES string of the molecule is Cl.NC1(C(=O)Nc2nc3c(s2)CCCCCC3)CCCC1. The molecule has 0 unspecified atom stereocenters. The Labute approximate surface area is 136 Å².